The van der Waals surface area contributed by atoms with Gasteiger partial charge in [-0.05, 0) is 19.1 Å². The summed E-state index contributed by atoms with van der Waals surface area (Å²) in [6.45, 7) is 3.48. The van der Waals surface area contributed by atoms with E-state index in [4.69, 9.17) is 26.1 Å². The number of esters is 1. The molecule has 5 heterocycles. The Morgan fingerprint density at radius 2 is 2.24 bits per heavy atom. The van der Waals surface area contributed by atoms with E-state index in [1.165, 1.54) is 30.6 Å². The quantitative estimate of drug-likeness (QED) is 0.476. The first kappa shape index (κ1) is 24.2. The molecule has 0 spiro atoms. The van der Waals surface area contributed by atoms with Gasteiger partial charge in [0.25, 0.3) is 0 Å². The number of halogens is 2. The lowest BCUT2D eigenvalue weighted by molar-refractivity contribution is -0.136. The number of aliphatic imine (C=N–C) groups is 1. The third kappa shape index (κ3) is 4.25. The Morgan fingerprint density at radius 1 is 1.38 bits per heavy atom. The normalized spacial score (nSPS) is 23.4. The maximum atomic E-state index is 13.9. The predicted molar refractivity (Wildman–Crippen MR) is 136 cm³/mol. The van der Waals surface area contributed by atoms with Gasteiger partial charge in [-0.15, -0.1) is 11.3 Å². The zero-order valence-corrected chi connectivity index (χ0v) is 21.7. The van der Waals surface area contributed by atoms with Crippen LogP contribution in [0.15, 0.2) is 46.0 Å². The highest BCUT2D eigenvalue weighted by Crippen LogP contribution is 2.40. The molecule has 1 fully saturated rings. The van der Waals surface area contributed by atoms with Gasteiger partial charge in [-0.25, -0.2) is 14.2 Å². The van der Waals surface area contributed by atoms with Crippen molar-refractivity contribution in [3.63, 3.8) is 0 Å². The molecule has 0 radical (unpaired) electrons. The number of nitrogens with zero attached hydrogens (tertiary/aromatic N) is 4. The van der Waals surface area contributed by atoms with Gasteiger partial charge in [0.2, 0.25) is 0 Å². The molecular weight excluding hydrogens is 519 g/mol. The second kappa shape index (κ2) is 9.64. The van der Waals surface area contributed by atoms with Crippen molar-refractivity contribution >= 4 is 34.7 Å². The molecule has 2 aromatic heterocycles. The Morgan fingerprint density at radius 3 is 3.00 bits per heavy atom. The summed E-state index contributed by atoms with van der Waals surface area (Å²) in [5.74, 6) is -0.488. The van der Waals surface area contributed by atoms with Crippen LogP contribution in [0.2, 0.25) is 5.02 Å². The highest BCUT2D eigenvalue weighted by molar-refractivity contribution is 7.11. The number of hydrogen-bond acceptors (Lipinski definition) is 9. The molecule has 2 N–H and O–H groups in total. The summed E-state index contributed by atoms with van der Waals surface area (Å²) in [6, 6.07) is 3.36. The minimum Gasteiger partial charge on any atom is -0.466 e. The lowest BCUT2D eigenvalue weighted by Gasteiger charge is -2.46. The largest absolute Gasteiger partial charge is 0.466 e. The Labute approximate surface area is 221 Å². The molecular formula is C25H24ClFN6O3S. The van der Waals surface area contributed by atoms with E-state index in [1.807, 2.05) is 12.3 Å². The van der Waals surface area contributed by atoms with Gasteiger partial charge in [0.05, 0.1) is 37.6 Å². The standard InChI is InChI=1S/C25H24ClFN6O3S/c1-12-20-17(32-31-12)8-14-10-36-11-19(20)33(14)9-18-21(25(34)35-2)22(15-4-3-13(27)7-16(15)26)30-23(29-18)24-28-5-6-37-24/h3-7,14,19,22H,8-11H2,1-2H3,(H,29,30)(H,31,32)/t14?,19?,22-/m0/s1. The van der Waals surface area contributed by atoms with Crippen LogP contribution in [-0.2, 0) is 20.7 Å². The lowest BCUT2D eigenvalue weighted by Crippen LogP contribution is -2.54. The fourth-order valence-electron chi connectivity index (χ4n) is 5.40. The maximum absolute atomic E-state index is 13.9. The van der Waals surface area contributed by atoms with E-state index in [0.717, 1.165) is 23.4 Å². The number of aromatic amines is 1. The summed E-state index contributed by atoms with van der Waals surface area (Å²) >= 11 is 7.90. The molecule has 192 valence electrons. The van der Waals surface area contributed by atoms with Crippen molar-refractivity contribution in [3.8, 4) is 0 Å². The molecule has 3 aromatic rings. The van der Waals surface area contributed by atoms with Crippen LogP contribution in [0, 0.1) is 12.7 Å². The smallest absolute Gasteiger partial charge is 0.338 e. The Bertz CT molecular complexity index is 1420. The molecule has 1 aromatic carbocycles. The number of fused-ring (bicyclic) bond motifs is 4. The van der Waals surface area contributed by atoms with E-state index in [1.54, 1.807) is 12.3 Å². The molecule has 3 aliphatic heterocycles. The molecule has 0 saturated carbocycles. The molecule has 3 aliphatic rings. The summed E-state index contributed by atoms with van der Waals surface area (Å²) in [4.78, 5) is 24.8. The van der Waals surface area contributed by atoms with Crippen LogP contribution in [0.25, 0.3) is 0 Å². The van der Waals surface area contributed by atoms with Crippen LogP contribution >= 0.6 is 22.9 Å². The summed E-state index contributed by atoms with van der Waals surface area (Å²) in [5.41, 5.74) is 4.68. The van der Waals surface area contributed by atoms with Crippen LogP contribution in [0.4, 0.5) is 4.39 Å². The molecule has 0 aliphatic carbocycles. The summed E-state index contributed by atoms with van der Waals surface area (Å²) in [7, 11) is 1.33. The zero-order chi connectivity index (χ0) is 25.7. The second-order valence-electron chi connectivity index (χ2n) is 9.18. The van der Waals surface area contributed by atoms with Gasteiger partial charge in [0.1, 0.15) is 11.9 Å². The SMILES string of the molecule is COC(=O)C1=C(CN2C3COCC2c2c(C)n[nH]c2C3)NC(c2nccs2)=N[C@H]1c1ccc(F)cc1Cl. The third-order valence-electron chi connectivity index (χ3n) is 7.07. The number of aryl methyl sites for hydroxylation is 1. The first-order valence-corrected chi connectivity index (χ1v) is 13.1. The van der Waals surface area contributed by atoms with Crippen molar-refractivity contribution in [2.75, 3.05) is 26.9 Å². The van der Waals surface area contributed by atoms with Gasteiger partial charge < -0.3 is 14.8 Å². The number of methoxy groups -OCH3 is 1. The zero-order valence-electron chi connectivity index (χ0n) is 20.1. The minimum atomic E-state index is -0.803. The first-order valence-electron chi connectivity index (χ1n) is 11.8. The number of aromatic nitrogens is 3. The van der Waals surface area contributed by atoms with E-state index in [2.05, 4.69) is 25.4 Å². The molecule has 37 heavy (non-hydrogen) atoms. The van der Waals surface area contributed by atoms with Gasteiger partial charge in [-0.1, -0.05) is 17.7 Å². The molecule has 3 atom stereocenters. The van der Waals surface area contributed by atoms with E-state index < -0.39 is 17.8 Å². The van der Waals surface area contributed by atoms with Crippen LogP contribution in [0.1, 0.15) is 39.6 Å². The second-order valence-corrected chi connectivity index (χ2v) is 10.5. The molecule has 2 unspecified atom stereocenters. The molecule has 2 bridgehead atoms. The number of morpholine rings is 1. The monoisotopic (exact) mass is 542 g/mol. The first-order chi connectivity index (χ1) is 17.9. The Kier molecular flexibility index (Phi) is 6.31. The van der Waals surface area contributed by atoms with E-state index in [-0.39, 0.29) is 17.1 Å². The molecule has 1 saturated heterocycles. The van der Waals surface area contributed by atoms with E-state index in [0.29, 0.717) is 47.4 Å². The fourth-order valence-corrected chi connectivity index (χ4v) is 6.26. The number of carbonyl (C=O) groups is 1. The van der Waals surface area contributed by atoms with Crippen molar-refractivity contribution in [2.24, 2.45) is 4.99 Å². The lowest BCUT2D eigenvalue weighted by atomic mass is 9.89. The van der Waals surface area contributed by atoms with Gasteiger partial charge >= 0.3 is 5.97 Å². The molecule has 12 heteroatoms. The van der Waals surface area contributed by atoms with Crippen LogP contribution in [0.5, 0.6) is 0 Å². The van der Waals surface area contributed by atoms with E-state index >= 15 is 0 Å². The predicted octanol–water partition coefficient (Wildman–Crippen LogP) is 3.48. The average Bonchev–Trinajstić information content (AvgIpc) is 3.54. The van der Waals surface area contributed by atoms with Crippen LogP contribution < -0.4 is 5.32 Å². The van der Waals surface area contributed by atoms with E-state index in [9.17, 15) is 9.18 Å². The van der Waals surface area contributed by atoms with Crippen LogP contribution in [-0.4, -0.2) is 64.8 Å². The minimum absolute atomic E-state index is 0.0236. The van der Waals surface area contributed by atoms with Gasteiger partial charge in [0.15, 0.2) is 10.8 Å². The van der Waals surface area contributed by atoms with Crippen molar-refractivity contribution in [1.82, 2.24) is 25.4 Å². The van der Waals surface area contributed by atoms with Crippen molar-refractivity contribution < 1.29 is 18.7 Å². The maximum Gasteiger partial charge on any atom is 0.338 e. The summed E-state index contributed by atoms with van der Waals surface area (Å²) in [5, 5.41) is 13.7. The number of benzene rings is 1. The van der Waals surface area contributed by atoms with Gasteiger partial charge in [0, 0.05) is 58.1 Å². The molecule has 0 amide bonds. The highest BCUT2D eigenvalue weighted by atomic mass is 35.5. The van der Waals surface area contributed by atoms with Gasteiger partial charge in [-0.3, -0.25) is 15.0 Å². The van der Waals surface area contributed by atoms with Crippen molar-refractivity contribution in [2.45, 2.75) is 31.5 Å². The summed E-state index contributed by atoms with van der Waals surface area (Å²) in [6.07, 6.45) is 2.45. The number of thiazole rings is 1. The third-order valence-corrected chi connectivity index (χ3v) is 8.17. The van der Waals surface area contributed by atoms with Gasteiger partial charge in [-0.2, -0.15) is 5.10 Å². The molecule has 9 nitrogen and oxygen atoms in total. The number of rotatable bonds is 5. The number of H-pyrrole nitrogens is 1. The Hall–Kier alpha value is -3.12. The summed E-state index contributed by atoms with van der Waals surface area (Å²) < 4.78 is 25.1. The fraction of sp³-hybridized carbons (Fsp3) is 0.360. The molecule has 6 rings (SSSR count). The highest BCUT2D eigenvalue weighted by Gasteiger charge is 2.42. The topological polar surface area (TPSA) is 105 Å². The number of carbonyl (C=O) groups excluding carboxylic acids is 1. The number of hydrogen-bond donors (Lipinski definition) is 2. The van der Waals surface area contributed by atoms with Crippen molar-refractivity contribution in [3.05, 3.63) is 79.4 Å². The number of ether oxygens (including phenoxy) is 2. The van der Waals surface area contributed by atoms with Crippen LogP contribution in [0.3, 0.4) is 0 Å². The Balaban J connectivity index is 1.47. The van der Waals surface area contributed by atoms with Crippen molar-refractivity contribution in [1.29, 1.82) is 0 Å². The number of amidine groups is 1. The number of nitrogens with one attached hydrogen (secondary N) is 2. The average molecular weight is 543 g/mol.